The maximum absolute atomic E-state index is 12.4. The van der Waals surface area contributed by atoms with Gasteiger partial charge >= 0.3 is 5.97 Å². The molecule has 3 rings (SSSR count). The van der Waals surface area contributed by atoms with Gasteiger partial charge in [-0.05, 0) is 55.3 Å². The van der Waals surface area contributed by atoms with Crippen molar-refractivity contribution in [1.29, 1.82) is 0 Å². The zero-order valence-electron chi connectivity index (χ0n) is 16.4. The van der Waals surface area contributed by atoms with Crippen molar-refractivity contribution in [3.63, 3.8) is 0 Å². The quantitative estimate of drug-likeness (QED) is 0.544. The predicted octanol–water partition coefficient (Wildman–Crippen LogP) is 3.16. The highest BCUT2D eigenvalue weighted by atomic mass is 16.5. The Hall–Kier alpha value is -3.19. The van der Waals surface area contributed by atoms with Gasteiger partial charge in [0, 0.05) is 29.8 Å². The summed E-state index contributed by atoms with van der Waals surface area (Å²) in [5.41, 5.74) is 3.11. The van der Waals surface area contributed by atoms with Gasteiger partial charge in [-0.2, -0.15) is 0 Å². The fourth-order valence-corrected chi connectivity index (χ4v) is 3.08. The molecule has 0 saturated carbocycles. The van der Waals surface area contributed by atoms with Gasteiger partial charge in [-0.3, -0.25) is 9.59 Å². The van der Waals surface area contributed by atoms with Crippen LogP contribution in [0.3, 0.4) is 0 Å². The number of ketones is 1. The number of esters is 1. The van der Waals surface area contributed by atoms with Crippen LogP contribution in [0.4, 0.5) is 5.69 Å². The minimum Gasteiger partial charge on any atom is -0.496 e. The summed E-state index contributed by atoms with van der Waals surface area (Å²) < 4.78 is 15.9. The average molecular weight is 397 g/mol. The van der Waals surface area contributed by atoms with Crippen molar-refractivity contribution in [1.82, 2.24) is 0 Å². The fourth-order valence-electron chi connectivity index (χ4n) is 3.08. The number of amides is 1. The first kappa shape index (κ1) is 20.5. The molecule has 0 atom stereocenters. The molecule has 0 radical (unpaired) electrons. The number of rotatable bonds is 8. The van der Waals surface area contributed by atoms with E-state index in [1.54, 1.807) is 43.5 Å². The number of anilines is 1. The minimum absolute atomic E-state index is 0.0336. The number of Topliss-reactive ketones (excluding diaryl/α,β-unsaturated/α-hetero) is 1. The number of carbonyl (C=O) groups is 3. The number of methoxy groups -OCH3 is 1. The third kappa shape index (κ3) is 5.00. The van der Waals surface area contributed by atoms with Crippen LogP contribution in [-0.2, 0) is 27.3 Å². The van der Waals surface area contributed by atoms with Crippen LogP contribution < -0.4 is 10.1 Å². The number of hydrogen-bond acceptors (Lipinski definition) is 6. The molecule has 2 aromatic rings. The van der Waals surface area contributed by atoms with E-state index in [0.717, 1.165) is 16.8 Å². The lowest BCUT2D eigenvalue weighted by molar-refractivity contribution is -0.116. The van der Waals surface area contributed by atoms with Gasteiger partial charge in [-0.1, -0.05) is 0 Å². The zero-order chi connectivity index (χ0) is 20.8. The summed E-state index contributed by atoms with van der Waals surface area (Å²) >= 11 is 0. The van der Waals surface area contributed by atoms with Crippen molar-refractivity contribution >= 4 is 23.3 Å². The molecular weight excluding hydrogens is 374 g/mol. The fraction of sp³-hybridized carbons (Fsp3) is 0.318. The number of aryl methyl sites for hydroxylation is 1. The van der Waals surface area contributed by atoms with E-state index >= 15 is 0 Å². The van der Waals surface area contributed by atoms with Crippen molar-refractivity contribution < 1.29 is 28.6 Å². The molecule has 1 heterocycles. The van der Waals surface area contributed by atoms with E-state index in [9.17, 15) is 14.4 Å². The highest BCUT2D eigenvalue weighted by Crippen LogP contribution is 2.24. The Balaban J connectivity index is 1.64. The average Bonchev–Trinajstić information content (AvgIpc) is 2.75. The van der Waals surface area contributed by atoms with Gasteiger partial charge in [0.05, 0.1) is 19.3 Å². The second kappa shape index (κ2) is 9.34. The molecule has 0 unspecified atom stereocenters. The van der Waals surface area contributed by atoms with Crippen molar-refractivity contribution in [3.05, 3.63) is 58.7 Å². The summed E-state index contributed by atoms with van der Waals surface area (Å²) in [7, 11) is 1.55. The van der Waals surface area contributed by atoms with Crippen molar-refractivity contribution in [2.24, 2.45) is 0 Å². The van der Waals surface area contributed by atoms with Crippen LogP contribution in [0.5, 0.6) is 5.75 Å². The Morgan fingerprint density at radius 1 is 1.07 bits per heavy atom. The topological polar surface area (TPSA) is 90.9 Å². The molecule has 152 valence electrons. The summed E-state index contributed by atoms with van der Waals surface area (Å²) in [5.74, 6) is -0.314. The van der Waals surface area contributed by atoms with Gasteiger partial charge in [-0.15, -0.1) is 0 Å². The number of nitrogens with one attached hydrogen (secondary N) is 1. The van der Waals surface area contributed by atoms with Crippen LogP contribution in [-0.4, -0.2) is 38.0 Å². The van der Waals surface area contributed by atoms with Gasteiger partial charge in [0.25, 0.3) is 0 Å². The van der Waals surface area contributed by atoms with Crippen molar-refractivity contribution in [3.8, 4) is 5.75 Å². The summed E-state index contributed by atoms with van der Waals surface area (Å²) in [5, 5.41) is 2.77. The second-order valence-electron chi connectivity index (χ2n) is 6.58. The number of ether oxygens (including phenoxy) is 3. The summed E-state index contributed by atoms with van der Waals surface area (Å²) in [6, 6.07) is 9.95. The molecule has 0 spiro atoms. The van der Waals surface area contributed by atoms with E-state index in [4.69, 9.17) is 14.2 Å². The van der Waals surface area contributed by atoms with E-state index in [2.05, 4.69) is 5.32 Å². The molecule has 0 aromatic heterocycles. The number of benzene rings is 2. The maximum atomic E-state index is 12.4. The Labute approximate surface area is 169 Å². The molecule has 7 heteroatoms. The maximum Gasteiger partial charge on any atom is 0.338 e. The molecule has 1 aliphatic heterocycles. The van der Waals surface area contributed by atoms with E-state index < -0.39 is 5.97 Å². The smallest absolute Gasteiger partial charge is 0.338 e. The Kier molecular flexibility index (Phi) is 6.61. The number of hydrogen-bond donors (Lipinski definition) is 1. The first-order valence-electron chi connectivity index (χ1n) is 9.39. The highest BCUT2D eigenvalue weighted by Gasteiger charge is 2.18. The van der Waals surface area contributed by atoms with E-state index in [1.165, 1.54) is 0 Å². The molecule has 1 aliphatic rings. The predicted molar refractivity (Wildman–Crippen MR) is 106 cm³/mol. The normalized spacial score (nSPS) is 12.7. The van der Waals surface area contributed by atoms with E-state index in [-0.39, 0.29) is 18.3 Å². The lowest BCUT2D eigenvalue weighted by Crippen LogP contribution is -2.20. The molecule has 7 nitrogen and oxygen atoms in total. The highest BCUT2D eigenvalue weighted by molar-refractivity contribution is 6.01. The van der Waals surface area contributed by atoms with Crippen LogP contribution in [0.1, 0.15) is 45.2 Å². The van der Waals surface area contributed by atoms with Crippen LogP contribution in [0.15, 0.2) is 36.4 Å². The van der Waals surface area contributed by atoms with Gasteiger partial charge < -0.3 is 19.5 Å². The molecule has 29 heavy (non-hydrogen) atoms. The second-order valence-corrected chi connectivity index (χ2v) is 6.58. The number of fused-ring (bicyclic) bond motifs is 1. The zero-order valence-corrected chi connectivity index (χ0v) is 16.4. The molecule has 0 aliphatic carbocycles. The third-order valence-corrected chi connectivity index (χ3v) is 4.63. The van der Waals surface area contributed by atoms with E-state index in [0.29, 0.717) is 42.9 Å². The van der Waals surface area contributed by atoms with Gasteiger partial charge in [0.1, 0.15) is 5.75 Å². The lowest BCUT2D eigenvalue weighted by atomic mass is 9.99. The molecular formula is C22H23NO6. The third-order valence-electron chi connectivity index (χ3n) is 4.63. The summed E-state index contributed by atoms with van der Waals surface area (Å²) in [6.07, 6.45) is 0.970. The molecule has 1 amide bonds. The van der Waals surface area contributed by atoms with Gasteiger partial charge in [-0.25, -0.2) is 4.79 Å². The van der Waals surface area contributed by atoms with Crippen LogP contribution >= 0.6 is 0 Å². The molecule has 0 bridgehead atoms. The first-order valence-corrected chi connectivity index (χ1v) is 9.39. The molecule has 0 fully saturated rings. The van der Waals surface area contributed by atoms with Gasteiger partial charge in [0.2, 0.25) is 5.91 Å². The standard InChI is InChI=1S/C22H23NO6/c1-3-28-12-17-11-16(5-8-20(17)27-2)22(26)29-13-19(24)15-4-7-18-14(10-15)6-9-21(25)23-18/h4-5,7-8,10-11H,3,6,9,12-13H2,1-2H3,(H,23,25). The van der Waals surface area contributed by atoms with Gasteiger partial charge in [0.15, 0.2) is 12.4 Å². The minimum atomic E-state index is -0.594. The monoisotopic (exact) mass is 397 g/mol. The number of carbonyl (C=O) groups excluding carboxylic acids is 3. The van der Waals surface area contributed by atoms with Crippen LogP contribution in [0.25, 0.3) is 0 Å². The van der Waals surface area contributed by atoms with Crippen LogP contribution in [0, 0.1) is 0 Å². The van der Waals surface area contributed by atoms with Crippen molar-refractivity contribution in [2.75, 3.05) is 25.6 Å². The summed E-state index contributed by atoms with van der Waals surface area (Å²) in [4.78, 5) is 36.2. The summed E-state index contributed by atoms with van der Waals surface area (Å²) in [6.45, 7) is 2.36. The Morgan fingerprint density at radius 3 is 2.62 bits per heavy atom. The van der Waals surface area contributed by atoms with Crippen LogP contribution in [0.2, 0.25) is 0 Å². The lowest BCUT2D eigenvalue weighted by Gasteiger charge is -2.17. The SMILES string of the molecule is CCOCc1cc(C(=O)OCC(=O)c2ccc3c(c2)CCC(=O)N3)ccc1OC. The molecule has 2 aromatic carbocycles. The first-order chi connectivity index (χ1) is 14.0. The Bertz CT molecular complexity index is 937. The Morgan fingerprint density at radius 2 is 1.86 bits per heavy atom. The molecule has 0 saturated heterocycles. The van der Waals surface area contributed by atoms with Crippen molar-refractivity contribution in [2.45, 2.75) is 26.4 Å². The largest absolute Gasteiger partial charge is 0.496 e. The van der Waals surface area contributed by atoms with E-state index in [1.807, 2.05) is 6.92 Å². The molecule has 1 N–H and O–H groups in total.